The summed E-state index contributed by atoms with van der Waals surface area (Å²) in [4.78, 5) is 15.8. The molecular weight excluding hydrogens is 200 g/mol. The quantitative estimate of drug-likeness (QED) is 0.783. The number of fused-ring (bicyclic) bond motifs is 1. The fraction of sp³-hybridized carbons (Fsp3) is 0.231. The molecule has 1 atom stereocenters. The molecule has 1 aromatic carbocycles. The van der Waals surface area contributed by atoms with Crippen molar-refractivity contribution in [2.45, 2.75) is 12.3 Å². The zero-order valence-electron chi connectivity index (χ0n) is 8.81. The fourth-order valence-corrected chi connectivity index (χ4v) is 2.12. The molecule has 1 saturated heterocycles. The van der Waals surface area contributed by atoms with E-state index in [1.807, 2.05) is 30.3 Å². The van der Waals surface area contributed by atoms with Crippen molar-refractivity contribution in [1.29, 1.82) is 0 Å². The molecule has 2 aromatic rings. The molecule has 1 amide bonds. The second-order valence-corrected chi connectivity index (χ2v) is 4.13. The lowest BCUT2D eigenvalue weighted by Gasteiger charge is -2.07. The number of carbonyl (C=O) groups is 1. The Kier molecular flexibility index (Phi) is 2.10. The Morgan fingerprint density at radius 3 is 2.88 bits per heavy atom. The van der Waals surface area contributed by atoms with Gasteiger partial charge >= 0.3 is 0 Å². The number of nitrogens with one attached hydrogen (secondary N) is 1. The van der Waals surface area contributed by atoms with Crippen LogP contribution in [0.15, 0.2) is 36.4 Å². The van der Waals surface area contributed by atoms with E-state index < -0.39 is 0 Å². The number of para-hydroxylation sites is 1. The molecule has 1 fully saturated rings. The zero-order valence-corrected chi connectivity index (χ0v) is 8.81. The summed E-state index contributed by atoms with van der Waals surface area (Å²) >= 11 is 0. The topological polar surface area (TPSA) is 42.0 Å². The summed E-state index contributed by atoms with van der Waals surface area (Å²) in [5.41, 5.74) is 2.01. The molecule has 0 spiro atoms. The van der Waals surface area contributed by atoms with E-state index >= 15 is 0 Å². The normalized spacial score (nSPS) is 20.0. The molecule has 0 saturated carbocycles. The molecule has 3 nitrogen and oxygen atoms in total. The van der Waals surface area contributed by atoms with E-state index in [0.29, 0.717) is 13.0 Å². The van der Waals surface area contributed by atoms with E-state index in [1.54, 1.807) is 0 Å². The van der Waals surface area contributed by atoms with Crippen LogP contribution in [0.25, 0.3) is 10.9 Å². The van der Waals surface area contributed by atoms with Crippen LogP contribution in [0, 0.1) is 0 Å². The van der Waals surface area contributed by atoms with Crippen molar-refractivity contribution in [3.8, 4) is 0 Å². The zero-order chi connectivity index (χ0) is 11.0. The van der Waals surface area contributed by atoms with Gasteiger partial charge in [0.1, 0.15) is 0 Å². The van der Waals surface area contributed by atoms with Gasteiger partial charge in [0.25, 0.3) is 0 Å². The van der Waals surface area contributed by atoms with Gasteiger partial charge in [-0.1, -0.05) is 24.3 Å². The van der Waals surface area contributed by atoms with Crippen LogP contribution in [0.1, 0.15) is 18.0 Å². The number of rotatable bonds is 1. The first-order chi connectivity index (χ1) is 7.83. The Balaban J connectivity index is 2.02. The van der Waals surface area contributed by atoms with E-state index in [0.717, 1.165) is 16.6 Å². The largest absolute Gasteiger partial charge is 0.355 e. The standard InChI is InChI=1S/C13H12N2O/c16-13-7-10(8-14-13)12-6-5-9-3-1-2-4-11(9)15-12/h1-6,10H,7-8H2,(H,14,16). The van der Waals surface area contributed by atoms with Crippen LogP contribution in [-0.2, 0) is 4.79 Å². The molecule has 0 bridgehead atoms. The Morgan fingerprint density at radius 2 is 2.06 bits per heavy atom. The highest BCUT2D eigenvalue weighted by Gasteiger charge is 2.23. The molecular formula is C13H12N2O. The van der Waals surface area contributed by atoms with Gasteiger partial charge in [-0.15, -0.1) is 0 Å². The molecule has 2 heterocycles. The summed E-state index contributed by atoms with van der Waals surface area (Å²) in [5.74, 6) is 0.358. The van der Waals surface area contributed by atoms with Gasteiger partial charge in [0, 0.05) is 30.0 Å². The first-order valence-corrected chi connectivity index (χ1v) is 5.45. The van der Waals surface area contributed by atoms with Crippen LogP contribution in [-0.4, -0.2) is 17.4 Å². The summed E-state index contributed by atoms with van der Waals surface area (Å²) in [6, 6.07) is 12.1. The first-order valence-electron chi connectivity index (χ1n) is 5.45. The van der Waals surface area contributed by atoms with Crippen LogP contribution in [0.4, 0.5) is 0 Å². The van der Waals surface area contributed by atoms with Crippen molar-refractivity contribution in [2.75, 3.05) is 6.54 Å². The van der Waals surface area contributed by atoms with Crippen LogP contribution in [0.2, 0.25) is 0 Å². The molecule has 80 valence electrons. The molecule has 3 heteroatoms. The van der Waals surface area contributed by atoms with Gasteiger partial charge in [-0.3, -0.25) is 9.78 Å². The highest BCUT2D eigenvalue weighted by Crippen LogP contribution is 2.23. The minimum Gasteiger partial charge on any atom is -0.355 e. The first kappa shape index (κ1) is 9.33. The molecule has 3 rings (SSSR count). The van der Waals surface area contributed by atoms with Gasteiger partial charge in [0.05, 0.1) is 5.52 Å². The van der Waals surface area contributed by atoms with Crippen molar-refractivity contribution in [1.82, 2.24) is 10.3 Å². The Bertz CT molecular complexity index is 550. The van der Waals surface area contributed by atoms with Gasteiger partial charge in [-0.05, 0) is 12.1 Å². The SMILES string of the molecule is O=C1CC(c2ccc3ccccc3n2)CN1. The number of benzene rings is 1. The van der Waals surface area contributed by atoms with E-state index in [2.05, 4.69) is 16.4 Å². The second-order valence-electron chi connectivity index (χ2n) is 4.13. The number of hydrogen-bond donors (Lipinski definition) is 1. The van der Waals surface area contributed by atoms with E-state index in [-0.39, 0.29) is 11.8 Å². The third kappa shape index (κ3) is 1.54. The van der Waals surface area contributed by atoms with Crippen LogP contribution >= 0.6 is 0 Å². The summed E-state index contributed by atoms with van der Waals surface area (Å²) < 4.78 is 0. The molecule has 1 N–H and O–H groups in total. The van der Waals surface area contributed by atoms with Gasteiger partial charge in [-0.2, -0.15) is 0 Å². The predicted octanol–water partition coefficient (Wildman–Crippen LogP) is 1.84. The van der Waals surface area contributed by atoms with Crippen molar-refractivity contribution in [2.24, 2.45) is 0 Å². The number of nitrogens with zero attached hydrogens (tertiary/aromatic N) is 1. The third-order valence-corrected chi connectivity index (χ3v) is 3.02. The second kappa shape index (κ2) is 3.59. The molecule has 1 aromatic heterocycles. The maximum Gasteiger partial charge on any atom is 0.220 e. The Morgan fingerprint density at radius 1 is 1.19 bits per heavy atom. The summed E-state index contributed by atoms with van der Waals surface area (Å²) in [7, 11) is 0. The van der Waals surface area contributed by atoms with Crippen LogP contribution in [0.5, 0.6) is 0 Å². The average molecular weight is 212 g/mol. The van der Waals surface area contributed by atoms with E-state index in [9.17, 15) is 4.79 Å². The van der Waals surface area contributed by atoms with E-state index in [1.165, 1.54) is 0 Å². The lowest BCUT2D eigenvalue weighted by molar-refractivity contribution is -0.119. The predicted molar refractivity (Wildman–Crippen MR) is 62.1 cm³/mol. The van der Waals surface area contributed by atoms with Crippen LogP contribution in [0.3, 0.4) is 0 Å². The summed E-state index contributed by atoms with van der Waals surface area (Å²) in [5, 5.41) is 3.98. The third-order valence-electron chi connectivity index (χ3n) is 3.02. The highest BCUT2D eigenvalue weighted by atomic mass is 16.1. The van der Waals surface area contributed by atoms with Crippen molar-refractivity contribution < 1.29 is 4.79 Å². The van der Waals surface area contributed by atoms with Gasteiger partial charge in [-0.25, -0.2) is 0 Å². The van der Waals surface area contributed by atoms with Gasteiger partial charge in [0.15, 0.2) is 0 Å². The number of carbonyl (C=O) groups excluding carboxylic acids is 1. The number of aromatic nitrogens is 1. The molecule has 0 radical (unpaired) electrons. The summed E-state index contributed by atoms with van der Waals surface area (Å²) in [6.07, 6.45) is 0.561. The van der Waals surface area contributed by atoms with Gasteiger partial charge in [0.2, 0.25) is 5.91 Å². The van der Waals surface area contributed by atoms with E-state index in [4.69, 9.17) is 0 Å². The van der Waals surface area contributed by atoms with Crippen molar-refractivity contribution in [3.63, 3.8) is 0 Å². The van der Waals surface area contributed by atoms with Crippen molar-refractivity contribution in [3.05, 3.63) is 42.1 Å². The number of hydrogen-bond acceptors (Lipinski definition) is 2. The minimum absolute atomic E-state index is 0.125. The molecule has 1 unspecified atom stereocenters. The van der Waals surface area contributed by atoms with Crippen LogP contribution < -0.4 is 5.32 Å². The monoisotopic (exact) mass is 212 g/mol. The molecule has 1 aliphatic rings. The lowest BCUT2D eigenvalue weighted by Crippen LogP contribution is -2.13. The lowest BCUT2D eigenvalue weighted by atomic mass is 10.0. The number of amides is 1. The number of pyridine rings is 1. The minimum atomic E-state index is 0.125. The fourth-order valence-electron chi connectivity index (χ4n) is 2.12. The molecule has 0 aliphatic carbocycles. The average Bonchev–Trinajstić information content (AvgIpc) is 2.75. The summed E-state index contributed by atoms with van der Waals surface area (Å²) in [6.45, 7) is 0.712. The Labute approximate surface area is 93.5 Å². The maximum absolute atomic E-state index is 11.2. The molecule has 1 aliphatic heterocycles. The smallest absolute Gasteiger partial charge is 0.220 e. The van der Waals surface area contributed by atoms with Crippen molar-refractivity contribution >= 4 is 16.8 Å². The highest BCUT2D eigenvalue weighted by molar-refractivity contribution is 5.81. The van der Waals surface area contributed by atoms with Gasteiger partial charge < -0.3 is 5.32 Å². The Hall–Kier alpha value is -1.90. The molecule has 16 heavy (non-hydrogen) atoms. The maximum atomic E-state index is 11.2.